The van der Waals surface area contributed by atoms with Crippen LogP contribution in [0.3, 0.4) is 0 Å². The topological polar surface area (TPSA) is 76.6 Å². The van der Waals surface area contributed by atoms with Crippen molar-refractivity contribution in [3.8, 4) is 5.75 Å². The van der Waals surface area contributed by atoms with Crippen LogP contribution in [0.5, 0.6) is 5.75 Å². The SMILES string of the molecule is O=C(Nc1ccc(OC(F)(F)F)cc1)c1nc(N2CCOCC2)c2ccccc2n1. The number of aromatic nitrogens is 2. The molecule has 156 valence electrons. The Labute approximate surface area is 169 Å². The normalized spacial score (nSPS) is 14.6. The Morgan fingerprint density at radius 1 is 1.03 bits per heavy atom. The van der Waals surface area contributed by atoms with Crippen molar-refractivity contribution in [2.24, 2.45) is 0 Å². The molecule has 1 saturated heterocycles. The molecule has 1 aliphatic heterocycles. The van der Waals surface area contributed by atoms with Crippen molar-refractivity contribution in [2.45, 2.75) is 6.36 Å². The number of fused-ring (bicyclic) bond motifs is 1. The van der Waals surface area contributed by atoms with Crippen LogP contribution in [-0.4, -0.2) is 48.5 Å². The fourth-order valence-electron chi connectivity index (χ4n) is 3.10. The molecule has 30 heavy (non-hydrogen) atoms. The average molecular weight is 418 g/mol. The molecular formula is C20H17F3N4O3. The number of carbonyl (C=O) groups is 1. The molecule has 1 amide bonds. The van der Waals surface area contributed by atoms with E-state index in [1.807, 2.05) is 23.1 Å². The van der Waals surface area contributed by atoms with Gasteiger partial charge in [0, 0.05) is 24.2 Å². The lowest BCUT2D eigenvalue weighted by Crippen LogP contribution is -2.37. The Morgan fingerprint density at radius 3 is 2.43 bits per heavy atom. The third-order valence-corrected chi connectivity index (χ3v) is 4.44. The summed E-state index contributed by atoms with van der Waals surface area (Å²) in [6.07, 6.45) is -4.78. The summed E-state index contributed by atoms with van der Waals surface area (Å²) in [5, 5.41) is 3.42. The highest BCUT2D eigenvalue weighted by Gasteiger charge is 2.31. The van der Waals surface area contributed by atoms with Crippen LogP contribution in [0, 0.1) is 0 Å². The number of halogens is 3. The van der Waals surface area contributed by atoms with Gasteiger partial charge in [0.2, 0.25) is 5.82 Å². The Hall–Kier alpha value is -3.40. The van der Waals surface area contributed by atoms with Crippen molar-refractivity contribution in [3.05, 3.63) is 54.4 Å². The summed E-state index contributed by atoms with van der Waals surface area (Å²) in [6.45, 7) is 2.41. The molecule has 1 aliphatic rings. The van der Waals surface area contributed by atoms with Gasteiger partial charge in [-0.05, 0) is 36.4 Å². The second-order valence-electron chi connectivity index (χ2n) is 6.51. The monoisotopic (exact) mass is 418 g/mol. The molecule has 0 bridgehead atoms. The van der Waals surface area contributed by atoms with Gasteiger partial charge in [0.05, 0.1) is 18.7 Å². The van der Waals surface area contributed by atoms with Crippen molar-refractivity contribution >= 4 is 28.3 Å². The zero-order valence-corrected chi connectivity index (χ0v) is 15.6. The largest absolute Gasteiger partial charge is 0.573 e. The van der Waals surface area contributed by atoms with Gasteiger partial charge in [-0.3, -0.25) is 4.79 Å². The van der Waals surface area contributed by atoms with E-state index in [1.165, 1.54) is 12.1 Å². The number of para-hydroxylation sites is 1. The van der Waals surface area contributed by atoms with Gasteiger partial charge in [0.15, 0.2) is 0 Å². The number of alkyl halides is 3. The van der Waals surface area contributed by atoms with E-state index in [0.29, 0.717) is 43.3 Å². The van der Waals surface area contributed by atoms with Crippen molar-refractivity contribution in [1.29, 1.82) is 0 Å². The van der Waals surface area contributed by atoms with Crippen LogP contribution in [0.25, 0.3) is 10.9 Å². The Balaban J connectivity index is 1.58. The van der Waals surface area contributed by atoms with Crippen molar-refractivity contribution in [2.75, 3.05) is 36.5 Å². The van der Waals surface area contributed by atoms with E-state index in [2.05, 4.69) is 20.0 Å². The van der Waals surface area contributed by atoms with Crippen LogP contribution >= 0.6 is 0 Å². The van der Waals surface area contributed by atoms with Crippen LogP contribution in [0.15, 0.2) is 48.5 Å². The molecule has 2 heterocycles. The molecule has 1 N–H and O–H groups in total. The van der Waals surface area contributed by atoms with E-state index in [0.717, 1.165) is 17.5 Å². The summed E-state index contributed by atoms with van der Waals surface area (Å²) < 4.78 is 46.0. The van der Waals surface area contributed by atoms with Crippen molar-refractivity contribution in [3.63, 3.8) is 0 Å². The first-order valence-corrected chi connectivity index (χ1v) is 9.16. The maximum atomic E-state index is 12.7. The van der Waals surface area contributed by atoms with E-state index in [1.54, 1.807) is 6.07 Å². The van der Waals surface area contributed by atoms with Gasteiger partial charge in [0.1, 0.15) is 11.6 Å². The quantitative estimate of drug-likeness (QED) is 0.698. The number of hydrogen-bond donors (Lipinski definition) is 1. The van der Waals surface area contributed by atoms with Gasteiger partial charge in [0.25, 0.3) is 5.91 Å². The molecule has 4 rings (SSSR count). The molecule has 0 atom stereocenters. The van der Waals surface area contributed by atoms with Crippen LogP contribution < -0.4 is 15.0 Å². The second-order valence-corrected chi connectivity index (χ2v) is 6.51. The first-order chi connectivity index (χ1) is 14.4. The number of nitrogens with one attached hydrogen (secondary N) is 1. The standard InChI is InChI=1S/C20H17F3N4O3/c21-20(22,23)30-14-7-5-13(6-8-14)24-19(28)17-25-16-4-2-1-3-15(16)18(26-17)27-9-11-29-12-10-27/h1-8H,9-12H2,(H,24,28). The smallest absolute Gasteiger partial charge is 0.406 e. The lowest BCUT2D eigenvalue weighted by molar-refractivity contribution is -0.274. The number of carbonyl (C=O) groups excluding carboxylic acids is 1. The lowest BCUT2D eigenvalue weighted by Gasteiger charge is -2.28. The fourth-order valence-corrected chi connectivity index (χ4v) is 3.10. The molecule has 3 aromatic rings. The number of amides is 1. The average Bonchev–Trinajstić information content (AvgIpc) is 2.74. The summed E-state index contributed by atoms with van der Waals surface area (Å²) >= 11 is 0. The van der Waals surface area contributed by atoms with Gasteiger partial charge in [-0.25, -0.2) is 9.97 Å². The molecule has 10 heteroatoms. The maximum Gasteiger partial charge on any atom is 0.573 e. The fraction of sp³-hybridized carbons (Fsp3) is 0.250. The number of morpholine rings is 1. The van der Waals surface area contributed by atoms with Gasteiger partial charge in [-0.2, -0.15) is 0 Å². The van der Waals surface area contributed by atoms with Crippen LogP contribution in [0.2, 0.25) is 0 Å². The predicted molar refractivity (Wildman–Crippen MR) is 104 cm³/mol. The van der Waals surface area contributed by atoms with Gasteiger partial charge >= 0.3 is 6.36 Å². The Bertz CT molecular complexity index is 1050. The molecule has 0 unspecified atom stereocenters. The molecule has 0 spiro atoms. The number of benzene rings is 2. The highest BCUT2D eigenvalue weighted by molar-refractivity contribution is 6.04. The van der Waals surface area contributed by atoms with E-state index in [9.17, 15) is 18.0 Å². The zero-order valence-electron chi connectivity index (χ0n) is 15.6. The molecule has 1 fully saturated rings. The number of anilines is 2. The Morgan fingerprint density at radius 2 is 1.73 bits per heavy atom. The molecule has 0 saturated carbocycles. The number of rotatable bonds is 4. The van der Waals surface area contributed by atoms with E-state index in [-0.39, 0.29) is 11.6 Å². The minimum atomic E-state index is -4.78. The predicted octanol–water partition coefficient (Wildman–Crippen LogP) is 3.62. The van der Waals surface area contributed by atoms with Crippen molar-refractivity contribution in [1.82, 2.24) is 9.97 Å². The molecule has 1 aromatic heterocycles. The molecule has 2 aromatic carbocycles. The van der Waals surface area contributed by atoms with Crippen LogP contribution in [0.1, 0.15) is 10.6 Å². The molecule has 0 aliphatic carbocycles. The summed E-state index contributed by atoms with van der Waals surface area (Å²) in [4.78, 5) is 23.5. The van der Waals surface area contributed by atoms with Crippen LogP contribution in [-0.2, 0) is 4.74 Å². The lowest BCUT2D eigenvalue weighted by atomic mass is 10.2. The summed E-state index contributed by atoms with van der Waals surface area (Å²) in [7, 11) is 0. The minimum Gasteiger partial charge on any atom is -0.406 e. The third kappa shape index (κ3) is 4.60. The van der Waals surface area contributed by atoms with E-state index in [4.69, 9.17) is 4.74 Å². The van der Waals surface area contributed by atoms with E-state index < -0.39 is 12.3 Å². The highest BCUT2D eigenvalue weighted by atomic mass is 19.4. The first kappa shape index (κ1) is 19.9. The molecule has 7 nitrogen and oxygen atoms in total. The number of nitrogens with zero attached hydrogens (tertiary/aromatic N) is 3. The van der Waals surface area contributed by atoms with Crippen molar-refractivity contribution < 1.29 is 27.4 Å². The van der Waals surface area contributed by atoms with Gasteiger partial charge in [-0.1, -0.05) is 12.1 Å². The minimum absolute atomic E-state index is 0.0363. The summed E-state index contributed by atoms with van der Waals surface area (Å²) in [5.74, 6) is -0.342. The number of hydrogen-bond acceptors (Lipinski definition) is 6. The molecular weight excluding hydrogens is 401 g/mol. The molecule has 0 radical (unpaired) electrons. The van der Waals surface area contributed by atoms with Gasteiger partial charge in [-0.15, -0.1) is 13.2 Å². The Kier molecular flexibility index (Phi) is 5.40. The summed E-state index contributed by atoms with van der Waals surface area (Å²) in [5.41, 5.74) is 0.910. The number of ether oxygens (including phenoxy) is 2. The zero-order chi connectivity index (χ0) is 21.1. The first-order valence-electron chi connectivity index (χ1n) is 9.16. The third-order valence-electron chi connectivity index (χ3n) is 4.44. The van der Waals surface area contributed by atoms with Gasteiger partial charge < -0.3 is 19.7 Å². The van der Waals surface area contributed by atoms with Crippen LogP contribution in [0.4, 0.5) is 24.7 Å². The summed E-state index contributed by atoms with van der Waals surface area (Å²) in [6, 6.07) is 12.2. The second kappa shape index (κ2) is 8.15. The van der Waals surface area contributed by atoms with E-state index >= 15 is 0 Å². The maximum absolute atomic E-state index is 12.7. The highest BCUT2D eigenvalue weighted by Crippen LogP contribution is 2.26.